The van der Waals surface area contributed by atoms with Gasteiger partial charge in [0, 0.05) is 75.2 Å². The van der Waals surface area contributed by atoms with Crippen molar-refractivity contribution in [2.75, 3.05) is 49.1 Å². The number of imide groups is 2. The molecular formula is C26H26N6O6. The third-order valence-corrected chi connectivity index (χ3v) is 7.91. The standard InChI is InChI=1S/C26H26N6O6/c33-23-8-7-22(24(34)27-23)31-25(35)20-6-5-18(13-21(20)26(31)36)28-9-11-29(12-10-28)19-14-30(15-19)16-1-3-17(4-2-16)32(37)38/h1-6,13,19,22H,7-12,14-15H2,(H,27,33,34). The van der Waals surface area contributed by atoms with Crippen LogP contribution in [0.25, 0.3) is 0 Å². The molecule has 3 fully saturated rings. The molecule has 3 saturated heterocycles. The number of anilines is 2. The molecule has 0 aliphatic carbocycles. The molecule has 12 heteroatoms. The van der Waals surface area contributed by atoms with E-state index in [1.165, 1.54) is 12.1 Å². The predicted molar refractivity (Wildman–Crippen MR) is 136 cm³/mol. The monoisotopic (exact) mass is 518 g/mol. The molecule has 0 saturated carbocycles. The molecule has 0 radical (unpaired) electrons. The Morgan fingerprint density at radius 2 is 1.47 bits per heavy atom. The van der Waals surface area contributed by atoms with Gasteiger partial charge in [0.15, 0.2) is 0 Å². The Hall–Kier alpha value is -4.32. The molecule has 1 N–H and O–H groups in total. The molecule has 12 nitrogen and oxygen atoms in total. The highest BCUT2D eigenvalue weighted by Crippen LogP contribution is 2.32. The molecule has 0 bridgehead atoms. The van der Waals surface area contributed by atoms with E-state index in [-0.39, 0.29) is 29.7 Å². The van der Waals surface area contributed by atoms with Gasteiger partial charge in [-0.1, -0.05) is 0 Å². The Balaban J connectivity index is 1.06. The molecule has 4 aliphatic heterocycles. The number of piperazine rings is 1. The number of nitrogens with zero attached hydrogens (tertiary/aromatic N) is 5. The number of piperidine rings is 1. The highest BCUT2D eigenvalue weighted by molar-refractivity contribution is 6.23. The van der Waals surface area contributed by atoms with Crippen LogP contribution in [-0.4, -0.2) is 89.7 Å². The van der Waals surface area contributed by atoms with Crippen molar-refractivity contribution < 1.29 is 24.1 Å². The van der Waals surface area contributed by atoms with Gasteiger partial charge in [-0.3, -0.25) is 44.4 Å². The summed E-state index contributed by atoms with van der Waals surface area (Å²) < 4.78 is 0. The predicted octanol–water partition coefficient (Wildman–Crippen LogP) is 1.01. The number of non-ortho nitro benzene ring substituents is 1. The van der Waals surface area contributed by atoms with Gasteiger partial charge in [-0.05, 0) is 36.8 Å². The first-order valence-electron chi connectivity index (χ1n) is 12.6. The van der Waals surface area contributed by atoms with Crippen LogP contribution in [0.1, 0.15) is 33.6 Å². The maximum Gasteiger partial charge on any atom is 0.269 e. The first-order chi connectivity index (χ1) is 18.3. The van der Waals surface area contributed by atoms with Gasteiger partial charge in [-0.15, -0.1) is 0 Å². The molecule has 4 aliphatic rings. The number of amides is 4. The zero-order chi connectivity index (χ0) is 26.6. The number of fused-ring (bicyclic) bond motifs is 1. The number of hydrogen-bond acceptors (Lipinski definition) is 9. The highest BCUT2D eigenvalue weighted by atomic mass is 16.6. The lowest BCUT2D eigenvalue weighted by atomic mass is 10.0. The summed E-state index contributed by atoms with van der Waals surface area (Å²) >= 11 is 0. The molecule has 6 rings (SSSR count). The minimum atomic E-state index is -0.972. The average molecular weight is 519 g/mol. The van der Waals surface area contributed by atoms with Crippen LogP contribution >= 0.6 is 0 Å². The Bertz CT molecular complexity index is 1350. The van der Waals surface area contributed by atoms with Crippen molar-refractivity contribution in [3.63, 3.8) is 0 Å². The zero-order valence-electron chi connectivity index (χ0n) is 20.5. The fraction of sp³-hybridized carbons (Fsp3) is 0.385. The zero-order valence-corrected chi connectivity index (χ0v) is 20.5. The van der Waals surface area contributed by atoms with Crippen LogP contribution in [0.15, 0.2) is 42.5 Å². The smallest absolute Gasteiger partial charge is 0.269 e. The number of nitro groups is 1. The molecule has 1 atom stereocenters. The molecule has 4 heterocycles. The summed E-state index contributed by atoms with van der Waals surface area (Å²) in [6, 6.07) is 11.3. The van der Waals surface area contributed by atoms with E-state index in [9.17, 15) is 29.3 Å². The van der Waals surface area contributed by atoms with Crippen molar-refractivity contribution in [2.45, 2.75) is 24.9 Å². The van der Waals surface area contributed by atoms with Crippen molar-refractivity contribution in [1.29, 1.82) is 0 Å². The molecule has 2 aromatic carbocycles. The highest BCUT2D eigenvalue weighted by Gasteiger charge is 2.45. The quantitative estimate of drug-likeness (QED) is 0.349. The van der Waals surface area contributed by atoms with Gasteiger partial charge in [0.25, 0.3) is 17.5 Å². The van der Waals surface area contributed by atoms with Crippen LogP contribution in [0.5, 0.6) is 0 Å². The molecular weight excluding hydrogens is 492 g/mol. The Morgan fingerprint density at radius 1 is 0.816 bits per heavy atom. The average Bonchev–Trinajstić information content (AvgIpc) is 3.13. The van der Waals surface area contributed by atoms with E-state index in [1.54, 1.807) is 24.3 Å². The molecule has 1 unspecified atom stereocenters. The molecule has 196 valence electrons. The normalized spacial score (nSPS) is 22.4. The Morgan fingerprint density at radius 3 is 2.13 bits per heavy atom. The van der Waals surface area contributed by atoms with E-state index in [0.717, 1.165) is 55.5 Å². The van der Waals surface area contributed by atoms with Gasteiger partial charge in [-0.25, -0.2) is 0 Å². The van der Waals surface area contributed by atoms with Crippen molar-refractivity contribution >= 4 is 40.7 Å². The minimum Gasteiger partial charge on any atom is -0.369 e. The lowest BCUT2D eigenvalue weighted by Crippen LogP contribution is -2.63. The Kier molecular flexibility index (Phi) is 5.83. The van der Waals surface area contributed by atoms with E-state index < -0.39 is 34.6 Å². The number of benzene rings is 2. The van der Waals surface area contributed by atoms with Crippen molar-refractivity contribution in [3.05, 3.63) is 63.7 Å². The SMILES string of the molecule is O=C1CCC(N2C(=O)c3ccc(N4CCN(C5CN(c6ccc([N+](=O)[O-])cc6)C5)CC4)cc3C2=O)C(=O)N1. The number of rotatable bonds is 5. The van der Waals surface area contributed by atoms with Crippen LogP contribution in [-0.2, 0) is 9.59 Å². The summed E-state index contributed by atoms with van der Waals surface area (Å²) in [6.45, 7) is 4.97. The van der Waals surface area contributed by atoms with E-state index in [0.29, 0.717) is 6.04 Å². The molecule has 4 amide bonds. The fourth-order valence-electron chi connectivity index (χ4n) is 5.68. The maximum atomic E-state index is 13.1. The van der Waals surface area contributed by atoms with Crippen LogP contribution in [0.2, 0.25) is 0 Å². The van der Waals surface area contributed by atoms with Crippen LogP contribution in [0, 0.1) is 10.1 Å². The largest absolute Gasteiger partial charge is 0.369 e. The third-order valence-electron chi connectivity index (χ3n) is 7.91. The molecule has 2 aromatic rings. The van der Waals surface area contributed by atoms with Gasteiger partial charge < -0.3 is 9.80 Å². The molecule has 38 heavy (non-hydrogen) atoms. The minimum absolute atomic E-state index is 0.0863. The topological polar surface area (TPSA) is 136 Å². The fourth-order valence-corrected chi connectivity index (χ4v) is 5.68. The summed E-state index contributed by atoms with van der Waals surface area (Å²) in [4.78, 5) is 68.1. The summed E-state index contributed by atoms with van der Waals surface area (Å²) in [7, 11) is 0. The number of hydrogen-bond donors (Lipinski definition) is 1. The summed E-state index contributed by atoms with van der Waals surface area (Å²) in [5, 5.41) is 13.1. The second-order valence-electron chi connectivity index (χ2n) is 10.0. The van der Waals surface area contributed by atoms with Crippen LogP contribution in [0.3, 0.4) is 0 Å². The molecule has 0 spiro atoms. The van der Waals surface area contributed by atoms with E-state index in [2.05, 4.69) is 20.0 Å². The summed E-state index contributed by atoms with van der Waals surface area (Å²) in [6.07, 6.45) is 0.222. The Labute approximate surface area is 217 Å². The van der Waals surface area contributed by atoms with Gasteiger partial charge in [0.05, 0.1) is 16.1 Å². The number of nitro benzene ring substituents is 1. The maximum absolute atomic E-state index is 13.1. The lowest BCUT2D eigenvalue weighted by molar-refractivity contribution is -0.384. The second-order valence-corrected chi connectivity index (χ2v) is 10.0. The summed E-state index contributed by atoms with van der Waals surface area (Å²) in [5.41, 5.74) is 2.49. The first kappa shape index (κ1) is 24.0. The number of carbonyl (C=O) groups excluding carboxylic acids is 4. The van der Waals surface area contributed by atoms with Crippen molar-refractivity contribution in [3.8, 4) is 0 Å². The van der Waals surface area contributed by atoms with E-state index in [1.807, 2.05) is 6.07 Å². The van der Waals surface area contributed by atoms with Gasteiger partial charge in [-0.2, -0.15) is 0 Å². The van der Waals surface area contributed by atoms with Crippen LogP contribution in [0.4, 0.5) is 17.1 Å². The van der Waals surface area contributed by atoms with E-state index in [4.69, 9.17) is 0 Å². The van der Waals surface area contributed by atoms with E-state index >= 15 is 0 Å². The number of carbonyl (C=O) groups is 4. The van der Waals surface area contributed by atoms with Crippen molar-refractivity contribution in [2.24, 2.45) is 0 Å². The van der Waals surface area contributed by atoms with Gasteiger partial charge >= 0.3 is 0 Å². The number of nitrogens with one attached hydrogen (secondary N) is 1. The van der Waals surface area contributed by atoms with Crippen LogP contribution < -0.4 is 15.1 Å². The van der Waals surface area contributed by atoms with Gasteiger partial charge in [0.1, 0.15) is 6.04 Å². The first-order valence-corrected chi connectivity index (χ1v) is 12.6. The molecule has 0 aromatic heterocycles. The van der Waals surface area contributed by atoms with Crippen molar-refractivity contribution in [1.82, 2.24) is 15.1 Å². The third kappa shape index (κ3) is 4.06. The lowest BCUT2D eigenvalue weighted by Gasteiger charge is -2.49. The second kappa shape index (κ2) is 9.21. The summed E-state index contributed by atoms with van der Waals surface area (Å²) in [5.74, 6) is -2.01. The van der Waals surface area contributed by atoms with Gasteiger partial charge in [0.2, 0.25) is 11.8 Å².